The minimum Gasteiger partial charge on any atom is -0.447 e. The maximum atomic E-state index is 6.14. The summed E-state index contributed by atoms with van der Waals surface area (Å²) in [5.74, 6) is 0.193. The van der Waals surface area contributed by atoms with E-state index in [0.717, 1.165) is 25.7 Å². The average molecular weight is 328 g/mol. The first-order valence-electron chi connectivity index (χ1n) is 5.78. The highest BCUT2D eigenvalue weighted by molar-refractivity contribution is 6.53. The molecule has 1 aliphatic heterocycles. The van der Waals surface area contributed by atoms with Crippen molar-refractivity contribution in [2.24, 2.45) is 0 Å². The zero-order chi connectivity index (χ0) is 12.9. The summed E-state index contributed by atoms with van der Waals surface area (Å²) in [4.78, 5) is 0. The number of halogens is 4. The van der Waals surface area contributed by atoms with Crippen molar-refractivity contribution in [1.29, 1.82) is 0 Å². The summed E-state index contributed by atoms with van der Waals surface area (Å²) >= 11 is 24.3. The van der Waals surface area contributed by atoms with Gasteiger partial charge in [0.1, 0.15) is 10.0 Å². The van der Waals surface area contributed by atoms with Crippen molar-refractivity contribution in [1.82, 2.24) is 0 Å². The first kappa shape index (κ1) is 13.0. The third-order valence-corrected chi connectivity index (χ3v) is 5.14. The summed E-state index contributed by atoms with van der Waals surface area (Å²) in [6.07, 6.45) is 4.95. The largest absolute Gasteiger partial charge is 0.447 e. The van der Waals surface area contributed by atoms with Gasteiger partial charge in [-0.05, 0) is 12.8 Å². The van der Waals surface area contributed by atoms with Gasteiger partial charge >= 0.3 is 0 Å². The van der Waals surface area contributed by atoms with E-state index in [1.54, 1.807) is 0 Å². The summed E-state index contributed by atoms with van der Waals surface area (Å²) in [6.45, 7) is 0. The summed E-state index contributed by atoms with van der Waals surface area (Å²) < 4.78 is 11.8. The van der Waals surface area contributed by atoms with E-state index >= 15 is 0 Å². The Balaban J connectivity index is 2.07. The van der Waals surface area contributed by atoms with Crippen LogP contribution in [0.25, 0.3) is 0 Å². The van der Waals surface area contributed by atoms with E-state index in [9.17, 15) is 0 Å². The second kappa shape index (κ2) is 4.52. The molecule has 3 rings (SSSR count). The van der Waals surface area contributed by atoms with Crippen molar-refractivity contribution in [3.8, 4) is 11.5 Å². The third kappa shape index (κ3) is 1.85. The molecule has 0 amide bonds. The van der Waals surface area contributed by atoms with Gasteiger partial charge in [-0.25, -0.2) is 0 Å². The topological polar surface area (TPSA) is 18.5 Å². The van der Waals surface area contributed by atoms with Gasteiger partial charge in [-0.15, -0.1) is 0 Å². The van der Waals surface area contributed by atoms with Crippen LogP contribution >= 0.6 is 46.4 Å². The number of benzene rings is 1. The van der Waals surface area contributed by atoms with Gasteiger partial charge in [0.2, 0.25) is 0 Å². The number of hydrogen-bond acceptors (Lipinski definition) is 2. The molecule has 1 aromatic rings. The quantitative estimate of drug-likeness (QED) is 0.447. The predicted molar refractivity (Wildman–Crippen MR) is 73.6 cm³/mol. The fourth-order valence-corrected chi connectivity index (χ4v) is 3.36. The van der Waals surface area contributed by atoms with Gasteiger partial charge in [-0.2, -0.15) is 0 Å². The Hall–Kier alpha value is -0.0200. The Kier molecular flexibility index (Phi) is 3.26. The molecule has 0 unspecified atom stereocenters. The zero-order valence-electron chi connectivity index (χ0n) is 9.36. The van der Waals surface area contributed by atoms with Crippen LogP contribution in [0.3, 0.4) is 0 Å². The molecule has 2 nitrogen and oxygen atoms in total. The van der Waals surface area contributed by atoms with E-state index in [1.165, 1.54) is 6.42 Å². The molecule has 1 saturated carbocycles. The van der Waals surface area contributed by atoms with Crippen molar-refractivity contribution >= 4 is 46.4 Å². The van der Waals surface area contributed by atoms with Crippen molar-refractivity contribution in [2.45, 2.75) is 37.9 Å². The molecule has 2 aliphatic rings. The summed E-state index contributed by atoms with van der Waals surface area (Å²) in [7, 11) is 0. The average Bonchev–Trinajstić information content (AvgIpc) is 2.74. The van der Waals surface area contributed by atoms with Gasteiger partial charge in [0.25, 0.3) is 5.79 Å². The highest BCUT2D eigenvalue weighted by atomic mass is 35.5. The van der Waals surface area contributed by atoms with Crippen LogP contribution in [0.5, 0.6) is 11.5 Å². The van der Waals surface area contributed by atoms with Crippen LogP contribution in [0.4, 0.5) is 0 Å². The zero-order valence-corrected chi connectivity index (χ0v) is 12.4. The van der Waals surface area contributed by atoms with Gasteiger partial charge in [-0.3, -0.25) is 0 Å². The molecule has 1 aliphatic carbocycles. The van der Waals surface area contributed by atoms with Crippen LogP contribution in [0.15, 0.2) is 0 Å². The molecule has 18 heavy (non-hydrogen) atoms. The highest BCUT2D eigenvalue weighted by Crippen LogP contribution is 2.56. The second-order valence-corrected chi connectivity index (χ2v) is 6.10. The van der Waals surface area contributed by atoms with Gasteiger partial charge in [-0.1, -0.05) is 52.8 Å². The van der Waals surface area contributed by atoms with Gasteiger partial charge in [0.15, 0.2) is 11.5 Å². The minimum absolute atomic E-state index is 0.207. The van der Waals surface area contributed by atoms with E-state index in [0.29, 0.717) is 11.5 Å². The van der Waals surface area contributed by atoms with Crippen LogP contribution in [0, 0.1) is 0 Å². The minimum atomic E-state index is -0.637. The molecule has 0 N–H and O–H groups in total. The standard InChI is InChI=1S/C12H10Cl4O2/c13-6-7(14)9(16)11-10(8(6)15)17-12(18-11)4-2-1-3-5-12/h1-5H2. The van der Waals surface area contributed by atoms with Crippen LogP contribution in [0.2, 0.25) is 20.1 Å². The van der Waals surface area contributed by atoms with E-state index in [-0.39, 0.29) is 20.1 Å². The number of rotatable bonds is 0. The van der Waals surface area contributed by atoms with Crippen LogP contribution < -0.4 is 9.47 Å². The normalized spacial score (nSPS) is 20.4. The molecule has 1 aromatic carbocycles. The number of hydrogen-bond donors (Lipinski definition) is 0. The smallest absolute Gasteiger partial charge is 0.251 e. The van der Waals surface area contributed by atoms with E-state index in [4.69, 9.17) is 55.9 Å². The Morgan fingerprint density at radius 1 is 0.667 bits per heavy atom. The van der Waals surface area contributed by atoms with Crippen LogP contribution in [0.1, 0.15) is 32.1 Å². The molecule has 0 saturated heterocycles. The monoisotopic (exact) mass is 326 g/mol. The maximum Gasteiger partial charge on any atom is 0.251 e. The van der Waals surface area contributed by atoms with Crippen molar-refractivity contribution in [2.75, 3.05) is 0 Å². The molecule has 1 heterocycles. The van der Waals surface area contributed by atoms with Crippen molar-refractivity contribution in [3.05, 3.63) is 20.1 Å². The van der Waals surface area contributed by atoms with E-state index in [1.807, 2.05) is 0 Å². The lowest BCUT2D eigenvalue weighted by Gasteiger charge is -2.31. The van der Waals surface area contributed by atoms with Gasteiger partial charge in [0, 0.05) is 12.8 Å². The first-order chi connectivity index (χ1) is 8.54. The molecule has 6 heteroatoms. The SMILES string of the molecule is Clc1c(Cl)c(Cl)c2c(c1Cl)OC1(CCCCC1)O2. The lowest BCUT2D eigenvalue weighted by atomic mass is 9.94. The molecule has 0 radical (unpaired) electrons. The molecule has 0 bridgehead atoms. The first-order valence-corrected chi connectivity index (χ1v) is 7.29. The molecule has 0 atom stereocenters. The van der Waals surface area contributed by atoms with Crippen LogP contribution in [-0.4, -0.2) is 5.79 Å². The Morgan fingerprint density at radius 2 is 1.11 bits per heavy atom. The Morgan fingerprint density at radius 3 is 1.56 bits per heavy atom. The van der Waals surface area contributed by atoms with Crippen molar-refractivity contribution in [3.63, 3.8) is 0 Å². The van der Waals surface area contributed by atoms with Gasteiger partial charge < -0.3 is 9.47 Å². The molecular weight excluding hydrogens is 318 g/mol. The number of ether oxygens (including phenoxy) is 2. The summed E-state index contributed by atoms with van der Waals surface area (Å²) in [5, 5.41) is 0.948. The lowest BCUT2D eigenvalue weighted by Crippen LogP contribution is -2.40. The van der Waals surface area contributed by atoms with Crippen LogP contribution in [-0.2, 0) is 0 Å². The summed E-state index contributed by atoms with van der Waals surface area (Å²) in [6, 6.07) is 0. The predicted octanol–water partition coefficient (Wildman–Crippen LogP) is 5.73. The number of fused-ring (bicyclic) bond motifs is 1. The summed E-state index contributed by atoms with van der Waals surface area (Å²) in [5.41, 5.74) is 0. The molecular formula is C12H10Cl4O2. The Labute approximate surface area is 125 Å². The fourth-order valence-electron chi connectivity index (χ4n) is 2.46. The Bertz CT molecular complexity index is 471. The third-order valence-electron chi connectivity index (χ3n) is 3.37. The maximum absolute atomic E-state index is 6.14. The molecule has 1 fully saturated rings. The molecule has 0 aromatic heterocycles. The van der Waals surface area contributed by atoms with E-state index in [2.05, 4.69) is 0 Å². The second-order valence-electron chi connectivity index (χ2n) is 4.59. The molecule has 98 valence electrons. The fraction of sp³-hybridized carbons (Fsp3) is 0.500. The molecule has 1 spiro atoms. The van der Waals surface area contributed by atoms with Crippen molar-refractivity contribution < 1.29 is 9.47 Å². The highest BCUT2D eigenvalue weighted by Gasteiger charge is 2.45. The lowest BCUT2D eigenvalue weighted by molar-refractivity contribution is -0.105. The van der Waals surface area contributed by atoms with Gasteiger partial charge in [0.05, 0.1) is 10.0 Å². The van der Waals surface area contributed by atoms with E-state index < -0.39 is 5.79 Å².